The monoisotopic (exact) mass is 270 g/mol. The maximum Gasteiger partial charge on any atom is 0.313 e. The molecule has 0 N–H and O–H groups in total. The predicted octanol–water partition coefficient (Wildman–Crippen LogP) is 2.58. The molecule has 2 aromatic rings. The molecular weight excluding hydrogens is 263 g/mol. The third kappa shape index (κ3) is 1.92. The van der Waals surface area contributed by atoms with E-state index in [1.807, 2.05) is 0 Å². The number of hydrogen-bond acceptors (Lipinski definition) is 4. The van der Waals surface area contributed by atoms with E-state index in [0.29, 0.717) is 0 Å². The standard InChI is InChI=1S/C10H8ClFN4O2/c1-5-9(16(17)18)6(2)15(14-5)10-8(12)3-7(11)4-13-10/h3-4H,1-2H3. The van der Waals surface area contributed by atoms with Crippen LogP contribution in [-0.2, 0) is 0 Å². The van der Waals surface area contributed by atoms with Crippen molar-refractivity contribution in [3.8, 4) is 5.82 Å². The van der Waals surface area contributed by atoms with Crippen molar-refractivity contribution in [2.24, 2.45) is 0 Å². The first-order chi connectivity index (χ1) is 8.41. The van der Waals surface area contributed by atoms with E-state index in [0.717, 1.165) is 10.7 Å². The summed E-state index contributed by atoms with van der Waals surface area (Å²) in [6.07, 6.45) is 1.25. The number of nitrogens with zero attached hydrogens (tertiary/aromatic N) is 4. The van der Waals surface area contributed by atoms with Crippen LogP contribution in [0.25, 0.3) is 5.82 Å². The minimum Gasteiger partial charge on any atom is -0.258 e. The smallest absolute Gasteiger partial charge is 0.258 e. The van der Waals surface area contributed by atoms with E-state index in [-0.39, 0.29) is 27.9 Å². The van der Waals surface area contributed by atoms with Crippen molar-refractivity contribution in [1.82, 2.24) is 14.8 Å². The Hall–Kier alpha value is -2.02. The molecule has 0 saturated carbocycles. The van der Waals surface area contributed by atoms with E-state index in [9.17, 15) is 14.5 Å². The molecule has 18 heavy (non-hydrogen) atoms. The van der Waals surface area contributed by atoms with Crippen molar-refractivity contribution in [2.75, 3.05) is 0 Å². The molecule has 8 heteroatoms. The summed E-state index contributed by atoms with van der Waals surface area (Å²) in [6, 6.07) is 1.08. The van der Waals surface area contributed by atoms with Gasteiger partial charge < -0.3 is 0 Å². The van der Waals surface area contributed by atoms with E-state index >= 15 is 0 Å². The Kier molecular flexibility index (Phi) is 3.00. The van der Waals surface area contributed by atoms with Crippen LogP contribution in [0.1, 0.15) is 11.4 Å². The lowest BCUT2D eigenvalue weighted by Gasteiger charge is -2.03. The average Bonchev–Trinajstić information content (AvgIpc) is 2.54. The van der Waals surface area contributed by atoms with Crippen molar-refractivity contribution >= 4 is 17.3 Å². The van der Waals surface area contributed by atoms with Crippen molar-refractivity contribution in [3.05, 3.63) is 44.6 Å². The fourth-order valence-corrected chi connectivity index (χ4v) is 1.81. The van der Waals surface area contributed by atoms with Crippen LogP contribution in [0.4, 0.5) is 10.1 Å². The molecule has 0 unspecified atom stereocenters. The molecule has 0 aliphatic rings. The number of halogens is 2. The lowest BCUT2D eigenvalue weighted by atomic mass is 10.3. The van der Waals surface area contributed by atoms with Crippen LogP contribution in [0.15, 0.2) is 12.3 Å². The SMILES string of the molecule is Cc1nn(-c2ncc(Cl)cc2F)c(C)c1[N+](=O)[O-]. The molecule has 0 atom stereocenters. The summed E-state index contributed by atoms with van der Waals surface area (Å²) >= 11 is 5.59. The van der Waals surface area contributed by atoms with E-state index in [2.05, 4.69) is 10.1 Å². The Labute approximate surface area is 106 Å². The van der Waals surface area contributed by atoms with Gasteiger partial charge in [-0.3, -0.25) is 10.1 Å². The highest BCUT2D eigenvalue weighted by Crippen LogP contribution is 2.25. The molecule has 0 bridgehead atoms. The van der Waals surface area contributed by atoms with Crippen molar-refractivity contribution in [3.63, 3.8) is 0 Å². The number of pyridine rings is 1. The fraction of sp³-hybridized carbons (Fsp3) is 0.200. The minimum atomic E-state index is -0.692. The quantitative estimate of drug-likeness (QED) is 0.621. The number of nitro groups is 1. The summed E-state index contributed by atoms with van der Waals surface area (Å²) in [5.74, 6) is -0.809. The van der Waals surface area contributed by atoms with Gasteiger partial charge >= 0.3 is 5.69 Å². The molecule has 0 amide bonds. The molecule has 0 fully saturated rings. The van der Waals surface area contributed by atoms with Gasteiger partial charge in [-0.25, -0.2) is 14.1 Å². The zero-order chi connectivity index (χ0) is 13.4. The third-order valence-corrected chi connectivity index (χ3v) is 2.63. The predicted molar refractivity (Wildman–Crippen MR) is 62.5 cm³/mol. The van der Waals surface area contributed by atoms with Gasteiger partial charge in [-0.2, -0.15) is 5.10 Å². The molecule has 0 radical (unpaired) electrons. The first kappa shape index (κ1) is 12.4. The first-order valence-corrected chi connectivity index (χ1v) is 5.31. The zero-order valence-electron chi connectivity index (χ0n) is 9.52. The van der Waals surface area contributed by atoms with Crippen molar-refractivity contribution in [1.29, 1.82) is 0 Å². The average molecular weight is 271 g/mol. The second kappa shape index (κ2) is 4.34. The van der Waals surface area contributed by atoms with E-state index in [1.54, 1.807) is 0 Å². The van der Waals surface area contributed by atoms with E-state index in [1.165, 1.54) is 20.0 Å². The van der Waals surface area contributed by atoms with Gasteiger partial charge in [0.05, 0.1) is 9.95 Å². The molecule has 6 nitrogen and oxygen atoms in total. The second-order valence-electron chi connectivity index (χ2n) is 3.65. The molecule has 0 spiro atoms. The summed E-state index contributed by atoms with van der Waals surface area (Å²) < 4.78 is 14.8. The van der Waals surface area contributed by atoms with Gasteiger partial charge in [0.2, 0.25) is 0 Å². The number of hydrogen-bond donors (Lipinski definition) is 0. The normalized spacial score (nSPS) is 10.7. The Balaban J connectivity index is 2.65. The van der Waals surface area contributed by atoms with Gasteiger partial charge in [0.15, 0.2) is 11.6 Å². The summed E-state index contributed by atoms with van der Waals surface area (Å²) in [6.45, 7) is 2.96. The number of aromatic nitrogens is 3. The number of rotatable bonds is 2. The molecule has 0 aliphatic carbocycles. The third-order valence-electron chi connectivity index (χ3n) is 2.42. The largest absolute Gasteiger partial charge is 0.313 e. The molecule has 0 saturated heterocycles. The van der Waals surface area contributed by atoms with Gasteiger partial charge in [-0.15, -0.1) is 0 Å². The summed E-state index contributed by atoms with van der Waals surface area (Å²) in [4.78, 5) is 14.1. The van der Waals surface area contributed by atoms with Crippen molar-refractivity contribution < 1.29 is 9.31 Å². The Morgan fingerprint density at radius 2 is 2.17 bits per heavy atom. The molecule has 0 aromatic carbocycles. The highest BCUT2D eigenvalue weighted by molar-refractivity contribution is 6.30. The first-order valence-electron chi connectivity index (χ1n) is 4.94. The van der Waals surface area contributed by atoms with Gasteiger partial charge in [-0.1, -0.05) is 11.6 Å². The summed E-state index contributed by atoms with van der Waals surface area (Å²) in [5, 5.41) is 14.9. The van der Waals surface area contributed by atoms with Crippen LogP contribution in [0.3, 0.4) is 0 Å². The molecule has 2 rings (SSSR count). The van der Waals surface area contributed by atoms with Crippen LogP contribution in [-0.4, -0.2) is 19.7 Å². The maximum atomic E-state index is 13.7. The molecule has 2 aromatic heterocycles. The topological polar surface area (TPSA) is 73.8 Å². The fourth-order valence-electron chi connectivity index (χ4n) is 1.67. The van der Waals surface area contributed by atoms with Crippen LogP contribution in [0, 0.1) is 29.8 Å². The van der Waals surface area contributed by atoms with E-state index in [4.69, 9.17) is 11.6 Å². The molecular formula is C10H8ClFN4O2. The van der Waals surface area contributed by atoms with Crippen molar-refractivity contribution in [2.45, 2.75) is 13.8 Å². The molecule has 94 valence electrons. The highest BCUT2D eigenvalue weighted by Gasteiger charge is 2.24. The van der Waals surface area contributed by atoms with Gasteiger partial charge in [0, 0.05) is 6.20 Å². The van der Waals surface area contributed by atoms with Crippen LogP contribution >= 0.6 is 11.6 Å². The van der Waals surface area contributed by atoms with Crippen LogP contribution in [0.2, 0.25) is 5.02 Å². The lowest BCUT2D eigenvalue weighted by Crippen LogP contribution is -2.05. The van der Waals surface area contributed by atoms with Gasteiger partial charge in [0.25, 0.3) is 0 Å². The van der Waals surface area contributed by atoms with Crippen LogP contribution < -0.4 is 0 Å². The lowest BCUT2D eigenvalue weighted by molar-refractivity contribution is -0.386. The van der Waals surface area contributed by atoms with Crippen LogP contribution in [0.5, 0.6) is 0 Å². The van der Waals surface area contributed by atoms with E-state index < -0.39 is 10.7 Å². The second-order valence-corrected chi connectivity index (χ2v) is 4.08. The summed E-state index contributed by atoms with van der Waals surface area (Å²) in [7, 11) is 0. The summed E-state index contributed by atoms with van der Waals surface area (Å²) in [5.41, 5.74) is 0.269. The van der Waals surface area contributed by atoms with Gasteiger partial charge in [-0.05, 0) is 19.9 Å². The Morgan fingerprint density at radius 1 is 1.50 bits per heavy atom. The molecule has 2 heterocycles. The Morgan fingerprint density at radius 3 is 2.67 bits per heavy atom. The molecule has 0 aliphatic heterocycles. The van der Waals surface area contributed by atoms with Gasteiger partial charge in [0.1, 0.15) is 11.4 Å². The minimum absolute atomic E-state index is 0.117. The zero-order valence-corrected chi connectivity index (χ0v) is 10.3. The Bertz CT molecular complexity index is 641. The maximum absolute atomic E-state index is 13.7. The highest BCUT2D eigenvalue weighted by atomic mass is 35.5. The number of aryl methyl sites for hydroxylation is 1.